The maximum absolute atomic E-state index is 12.3. The predicted molar refractivity (Wildman–Crippen MR) is 90.4 cm³/mol. The fourth-order valence-electron chi connectivity index (χ4n) is 3.17. The topological polar surface area (TPSA) is 54.5 Å². The molecule has 0 aliphatic carbocycles. The SMILES string of the molecule is [B]C(=O)C(C)(CCC)c1ccc(N2C(=O)CC(CC)C2=O)cc1. The zero-order valence-electron chi connectivity index (χ0n) is 14.0. The van der Waals surface area contributed by atoms with Gasteiger partial charge in [0.1, 0.15) is 0 Å². The summed E-state index contributed by atoms with van der Waals surface area (Å²) in [5, 5.41) is 0. The Hall–Kier alpha value is -1.91. The van der Waals surface area contributed by atoms with Gasteiger partial charge in [0.25, 0.3) is 0 Å². The summed E-state index contributed by atoms with van der Waals surface area (Å²) in [6.07, 6.45) is 2.42. The summed E-state index contributed by atoms with van der Waals surface area (Å²) in [7, 11) is 5.57. The Morgan fingerprint density at radius 1 is 1.26 bits per heavy atom. The number of imide groups is 1. The van der Waals surface area contributed by atoms with Crippen LogP contribution in [0.5, 0.6) is 0 Å². The van der Waals surface area contributed by atoms with Crippen LogP contribution in [0.1, 0.15) is 52.0 Å². The molecule has 1 aromatic rings. The monoisotopic (exact) mass is 311 g/mol. The van der Waals surface area contributed by atoms with Crippen LogP contribution in [0, 0.1) is 5.92 Å². The van der Waals surface area contributed by atoms with E-state index < -0.39 is 5.41 Å². The molecule has 2 amide bonds. The molecule has 2 rings (SSSR count). The van der Waals surface area contributed by atoms with Crippen molar-refractivity contribution in [3.63, 3.8) is 0 Å². The summed E-state index contributed by atoms with van der Waals surface area (Å²) < 4.78 is 0. The third kappa shape index (κ3) is 3.10. The Balaban J connectivity index is 2.31. The molecule has 0 bridgehead atoms. The van der Waals surface area contributed by atoms with Crippen LogP contribution in [-0.4, -0.2) is 25.3 Å². The fourth-order valence-corrected chi connectivity index (χ4v) is 3.17. The lowest BCUT2D eigenvalue weighted by Crippen LogP contribution is -2.33. The molecular weight excluding hydrogens is 289 g/mol. The minimum absolute atomic E-state index is 0.142. The molecule has 4 nitrogen and oxygen atoms in total. The van der Waals surface area contributed by atoms with Gasteiger partial charge in [-0.2, -0.15) is 0 Å². The number of rotatable bonds is 6. The lowest BCUT2D eigenvalue weighted by Gasteiger charge is -2.28. The third-order valence-corrected chi connectivity index (χ3v) is 4.79. The lowest BCUT2D eigenvalue weighted by molar-refractivity contribution is -0.122. The molecule has 0 saturated carbocycles. The van der Waals surface area contributed by atoms with Gasteiger partial charge >= 0.3 is 0 Å². The van der Waals surface area contributed by atoms with Crippen molar-refractivity contribution in [2.24, 2.45) is 5.92 Å². The van der Waals surface area contributed by atoms with E-state index in [0.29, 0.717) is 18.5 Å². The van der Waals surface area contributed by atoms with Gasteiger partial charge in [0, 0.05) is 17.8 Å². The van der Waals surface area contributed by atoms with E-state index in [1.807, 2.05) is 20.8 Å². The van der Waals surface area contributed by atoms with Gasteiger partial charge in [-0.3, -0.25) is 14.5 Å². The second-order valence-electron chi connectivity index (χ2n) is 6.37. The van der Waals surface area contributed by atoms with Gasteiger partial charge in [0.05, 0.1) is 11.4 Å². The van der Waals surface area contributed by atoms with E-state index in [2.05, 4.69) is 0 Å². The molecule has 2 unspecified atom stereocenters. The average molecular weight is 311 g/mol. The van der Waals surface area contributed by atoms with Crippen molar-refractivity contribution in [2.75, 3.05) is 4.90 Å². The molecule has 1 fully saturated rings. The zero-order valence-corrected chi connectivity index (χ0v) is 14.0. The van der Waals surface area contributed by atoms with Crippen molar-refractivity contribution in [1.29, 1.82) is 0 Å². The van der Waals surface area contributed by atoms with Crippen LogP contribution in [0.4, 0.5) is 5.69 Å². The van der Waals surface area contributed by atoms with Gasteiger partial charge in [-0.15, -0.1) is 0 Å². The number of amides is 2. The van der Waals surface area contributed by atoms with Crippen molar-refractivity contribution in [1.82, 2.24) is 0 Å². The number of anilines is 1. The average Bonchev–Trinajstić information content (AvgIpc) is 2.81. The predicted octanol–water partition coefficient (Wildman–Crippen LogP) is 2.73. The molecule has 120 valence electrons. The first-order chi connectivity index (χ1) is 10.8. The fraction of sp³-hybridized carbons (Fsp3) is 0.500. The number of carbonyl (C=O) groups excluding carboxylic acids is 3. The molecule has 1 aliphatic heterocycles. The lowest BCUT2D eigenvalue weighted by atomic mass is 9.68. The first-order valence-corrected chi connectivity index (χ1v) is 8.12. The minimum atomic E-state index is -0.738. The van der Waals surface area contributed by atoms with Crippen LogP contribution in [0.25, 0.3) is 0 Å². The van der Waals surface area contributed by atoms with E-state index in [0.717, 1.165) is 12.0 Å². The largest absolute Gasteiger partial charge is 0.312 e. The quantitative estimate of drug-likeness (QED) is 0.599. The van der Waals surface area contributed by atoms with E-state index in [1.54, 1.807) is 24.3 Å². The summed E-state index contributed by atoms with van der Waals surface area (Å²) in [4.78, 5) is 37.4. The second kappa shape index (κ2) is 6.69. The van der Waals surface area contributed by atoms with Crippen LogP contribution in [0.3, 0.4) is 0 Å². The number of hydrogen-bond acceptors (Lipinski definition) is 3. The Bertz CT molecular complexity index is 626. The van der Waals surface area contributed by atoms with E-state index in [9.17, 15) is 14.4 Å². The molecule has 1 aromatic carbocycles. The van der Waals surface area contributed by atoms with Gasteiger partial charge in [-0.05, 0) is 37.5 Å². The van der Waals surface area contributed by atoms with E-state index in [-0.39, 0.29) is 29.8 Å². The third-order valence-electron chi connectivity index (χ3n) is 4.79. The first-order valence-electron chi connectivity index (χ1n) is 8.12. The van der Waals surface area contributed by atoms with Crippen LogP contribution < -0.4 is 4.90 Å². The van der Waals surface area contributed by atoms with Crippen molar-refractivity contribution >= 4 is 31.0 Å². The van der Waals surface area contributed by atoms with Crippen LogP contribution in [-0.2, 0) is 19.8 Å². The van der Waals surface area contributed by atoms with Gasteiger partial charge in [-0.25, -0.2) is 0 Å². The molecule has 1 heterocycles. The number of hydrogen-bond donors (Lipinski definition) is 0. The maximum Gasteiger partial charge on any atom is 0.237 e. The molecule has 1 saturated heterocycles. The van der Waals surface area contributed by atoms with Crippen molar-refractivity contribution in [2.45, 2.75) is 51.9 Å². The van der Waals surface area contributed by atoms with Crippen LogP contribution in [0.2, 0.25) is 0 Å². The highest BCUT2D eigenvalue weighted by atomic mass is 16.2. The van der Waals surface area contributed by atoms with Crippen molar-refractivity contribution < 1.29 is 14.4 Å². The Kier molecular flexibility index (Phi) is 5.08. The molecule has 0 aromatic heterocycles. The molecule has 0 spiro atoms. The number of carbonyl (C=O) groups is 3. The van der Waals surface area contributed by atoms with E-state index in [4.69, 9.17) is 7.85 Å². The Labute approximate surface area is 138 Å². The second-order valence-corrected chi connectivity index (χ2v) is 6.37. The van der Waals surface area contributed by atoms with Gasteiger partial charge in [-0.1, -0.05) is 32.4 Å². The Morgan fingerprint density at radius 2 is 1.87 bits per heavy atom. The smallest absolute Gasteiger partial charge is 0.237 e. The van der Waals surface area contributed by atoms with Crippen LogP contribution >= 0.6 is 0 Å². The highest BCUT2D eigenvalue weighted by Gasteiger charge is 2.38. The molecule has 2 radical (unpaired) electrons. The molecular formula is C18H22BNO3. The van der Waals surface area contributed by atoms with E-state index in [1.165, 1.54) is 4.90 Å². The molecule has 0 N–H and O–H groups in total. The summed E-state index contributed by atoms with van der Waals surface area (Å²) >= 11 is 0. The van der Waals surface area contributed by atoms with Gasteiger partial charge in [0.15, 0.2) is 7.85 Å². The van der Waals surface area contributed by atoms with Crippen LogP contribution in [0.15, 0.2) is 24.3 Å². The first kappa shape index (κ1) is 17.4. The highest BCUT2D eigenvalue weighted by Crippen LogP contribution is 2.33. The molecule has 5 heteroatoms. The normalized spacial score (nSPS) is 20.7. The summed E-state index contributed by atoms with van der Waals surface area (Å²) in [5.41, 5.74) is 0.259. The van der Waals surface area contributed by atoms with Crippen molar-refractivity contribution in [3.8, 4) is 0 Å². The van der Waals surface area contributed by atoms with Gasteiger partial charge < -0.3 is 4.79 Å². The molecule has 2 atom stereocenters. The Morgan fingerprint density at radius 3 is 2.30 bits per heavy atom. The molecule has 1 aliphatic rings. The summed E-state index contributed by atoms with van der Waals surface area (Å²) in [6, 6.07) is 7.02. The number of nitrogens with zero attached hydrogens (tertiary/aromatic N) is 1. The molecule has 23 heavy (non-hydrogen) atoms. The summed E-state index contributed by atoms with van der Waals surface area (Å²) in [5.74, 6) is -0.532. The standard InChI is InChI=1S/C18H22BNO3/c1-4-10-18(3,17(19)23)13-6-8-14(9-7-13)20-15(21)11-12(5-2)16(20)22/h6-9,12H,4-5,10-11H2,1-3H3. The maximum atomic E-state index is 12.3. The zero-order chi connectivity index (χ0) is 17.2. The van der Waals surface area contributed by atoms with Crippen molar-refractivity contribution in [3.05, 3.63) is 29.8 Å². The van der Waals surface area contributed by atoms with E-state index >= 15 is 0 Å². The number of benzene rings is 1. The minimum Gasteiger partial charge on any atom is -0.312 e. The summed E-state index contributed by atoms with van der Waals surface area (Å²) in [6.45, 7) is 5.74. The highest BCUT2D eigenvalue weighted by molar-refractivity contribution is 6.59. The van der Waals surface area contributed by atoms with Gasteiger partial charge in [0.2, 0.25) is 11.8 Å².